The van der Waals surface area contributed by atoms with Crippen LogP contribution in [-0.4, -0.2) is 65.7 Å². The normalized spacial score (nSPS) is 41.8. The molecule has 7 nitrogen and oxygen atoms in total. The molecule has 5 atom stereocenters. The summed E-state index contributed by atoms with van der Waals surface area (Å²) in [5, 5.41) is 27.9. The zero-order valence-electron chi connectivity index (χ0n) is 8.32. The highest BCUT2D eigenvalue weighted by atomic mass is 16.7. The highest BCUT2D eigenvalue weighted by molar-refractivity contribution is 4.91. The van der Waals surface area contributed by atoms with Crippen LogP contribution in [0.2, 0.25) is 0 Å². The van der Waals surface area contributed by atoms with Crippen LogP contribution < -0.4 is 11.5 Å². The van der Waals surface area contributed by atoms with Crippen LogP contribution in [0.1, 0.15) is 0 Å². The number of ether oxygens (including phenoxy) is 2. The van der Waals surface area contributed by atoms with Crippen molar-refractivity contribution in [2.45, 2.75) is 30.6 Å². The van der Waals surface area contributed by atoms with Gasteiger partial charge in [0.25, 0.3) is 0 Å². The molecule has 0 saturated carbocycles. The van der Waals surface area contributed by atoms with E-state index >= 15 is 0 Å². The van der Waals surface area contributed by atoms with Gasteiger partial charge in [-0.05, 0) is 0 Å². The summed E-state index contributed by atoms with van der Waals surface area (Å²) < 4.78 is 10.3. The highest BCUT2D eigenvalue weighted by Crippen LogP contribution is 2.20. The third kappa shape index (κ3) is 2.85. The van der Waals surface area contributed by atoms with Crippen molar-refractivity contribution < 1.29 is 24.8 Å². The largest absolute Gasteiger partial charge is 0.394 e. The minimum atomic E-state index is -1.21. The lowest BCUT2D eigenvalue weighted by molar-refractivity contribution is -0.264. The van der Waals surface area contributed by atoms with Crippen LogP contribution in [0.3, 0.4) is 0 Å². The summed E-state index contributed by atoms with van der Waals surface area (Å²) in [6.45, 7) is 0.127. The van der Waals surface area contributed by atoms with E-state index in [1.165, 1.54) is 0 Å². The maximum atomic E-state index is 9.54. The highest BCUT2D eigenvalue weighted by Gasteiger charge is 2.42. The van der Waals surface area contributed by atoms with Crippen molar-refractivity contribution in [2.24, 2.45) is 11.5 Å². The molecular formula is C8H18N2O5. The van der Waals surface area contributed by atoms with Crippen LogP contribution >= 0.6 is 0 Å². The molecule has 7 heteroatoms. The van der Waals surface area contributed by atoms with E-state index in [0.29, 0.717) is 6.54 Å². The van der Waals surface area contributed by atoms with Gasteiger partial charge in [0.2, 0.25) is 0 Å². The molecule has 1 saturated heterocycles. The van der Waals surface area contributed by atoms with Crippen molar-refractivity contribution in [1.29, 1.82) is 0 Å². The van der Waals surface area contributed by atoms with Gasteiger partial charge in [0.1, 0.15) is 18.3 Å². The maximum absolute atomic E-state index is 9.54. The molecule has 0 spiro atoms. The minimum Gasteiger partial charge on any atom is -0.394 e. The fourth-order valence-electron chi connectivity index (χ4n) is 1.44. The zero-order chi connectivity index (χ0) is 11.4. The molecule has 1 aliphatic heterocycles. The van der Waals surface area contributed by atoms with Gasteiger partial charge in [-0.15, -0.1) is 0 Å². The lowest BCUT2D eigenvalue weighted by Gasteiger charge is -2.40. The number of hydrogen-bond acceptors (Lipinski definition) is 7. The van der Waals surface area contributed by atoms with Gasteiger partial charge < -0.3 is 36.3 Å². The average molecular weight is 222 g/mol. The summed E-state index contributed by atoms with van der Waals surface area (Å²) in [5.41, 5.74) is 10.8. The molecule has 1 aliphatic rings. The average Bonchev–Trinajstić information content (AvgIpc) is 2.25. The maximum Gasteiger partial charge on any atom is 0.175 e. The number of hydrogen-bond donors (Lipinski definition) is 5. The lowest BCUT2D eigenvalue weighted by Crippen LogP contribution is -2.62. The molecule has 1 heterocycles. The Morgan fingerprint density at radius 3 is 2.47 bits per heavy atom. The van der Waals surface area contributed by atoms with Crippen LogP contribution in [-0.2, 0) is 9.47 Å². The molecule has 0 aromatic rings. The Morgan fingerprint density at radius 1 is 1.27 bits per heavy atom. The van der Waals surface area contributed by atoms with Gasteiger partial charge in [-0.3, -0.25) is 0 Å². The van der Waals surface area contributed by atoms with E-state index in [1.54, 1.807) is 0 Å². The Labute approximate surface area is 87.6 Å². The first-order chi connectivity index (χ1) is 7.11. The minimum absolute atomic E-state index is 0.235. The van der Waals surface area contributed by atoms with Crippen molar-refractivity contribution in [2.75, 3.05) is 19.8 Å². The van der Waals surface area contributed by atoms with Crippen LogP contribution in [0.15, 0.2) is 0 Å². The molecule has 15 heavy (non-hydrogen) atoms. The summed E-state index contributed by atoms with van der Waals surface area (Å²) in [6, 6.07) is -0.852. The van der Waals surface area contributed by atoms with Crippen molar-refractivity contribution in [3.8, 4) is 0 Å². The Kier molecular flexibility index (Phi) is 4.87. The Bertz CT molecular complexity index is 192. The molecular weight excluding hydrogens is 204 g/mol. The topological polar surface area (TPSA) is 131 Å². The van der Waals surface area contributed by atoms with Crippen LogP contribution in [0.4, 0.5) is 0 Å². The molecule has 0 aromatic carbocycles. The number of aliphatic hydroxyl groups excluding tert-OH is 3. The molecule has 2 unspecified atom stereocenters. The first-order valence-corrected chi connectivity index (χ1v) is 4.81. The van der Waals surface area contributed by atoms with E-state index in [0.717, 1.165) is 0 Å². The van der Waals surface area contributed by atoms with Crippen molar-refractivity contribution in [3.05, 3.63) is 0 Å². The third-order valence-electron chi connectivity index (χ3n) is 2.33. The summed E-state index contributed by atoms with van der Waals surface area (Å²) in [4.78, 5) is 0. The van der Waals surface area contributed by atoms with Gasteiger partial charge in [-0.25, -0.2) is 0 Å². The molecule has 0 radical (unpaired) electrons. The van der Waals surface area contributed by atoms with E-state index in [2.05, 4.69) is 0 Å². The summed E-state index contributed by atoms with van der Waals surface area (Å²) in [7, 11) is 0. The Balaban J connectivity index is 2.57. The molecule has 0 aliphatic carbocycles. The second kappa shape index (κ2) is 5.71. The number of nitrogens with two attached hydrogens (primary N) is 2. The fraction of sp³-hybridized carbons (Fsp3) is 1.00. The fourth-order valence-corrected chi connectivity index (χ4v) is 1.44. The molecule has 1 fully saturated rings. The third-order valence-corrected chi connectivity index (χ3v) is 2.33. The predicted octanol–water partition coefficient (Wildman–Crippen LogP) is -3.27. The Morgan fingerprint density at radius 2 is 1.93 bits per heavy atom. The van der Waals surface area contributed by atoms with E-state index in [9.17, 15) is 10.2 Å². The van der Waals surface area contributed by atoms with E-state index in [1.807, 2.05) is 0 Å². The lowest BCUT2D eigenvalue weighted by atomic mass is 9.98. The summed E-state index contributed by atoms with van der Waals surface area (Å²) >= 11 is 0. The van der Waals surface area contributed by atoms with Gasteiger partial charge in [0.15, 0.2) is 6.29 Å². The predicted molar refractivity (Wildman–Crippen MR) is 50.7 cm³/mol. The molecule has 0 aromatic heterocycles. The number of rotatable bonds is 4. The van der Waals surface area contributed by atoms with E-state index in [-0.39, 0.29) is 6.61 Å². The van der Waals surface area contributed by atoms with Gasteiger partial charge in [-0.1, -0.05) is 0 Å². The molecule has 0 bridgehead atoms. The van der Waals surface area contributed by atoms with Crippen molar-refractivity contribution in [3.63, 3.8) is 0 Å². The number of aliphatic hydroxyl groups is 3. The van der Waals surface area contributed by atoms with E-state index in [4.69, 9.17) is 26.0 Å². The second-order valence-corrected chi connectivity index (χ2v) is 3.44. The molecule has 7 N–H and O–H groups in total. The second-order valence-electron chi connectivity index (χ2n) is 3.44. The van der Waals surface area contributed by atoms with E-state index < -0.39 is 37.3 Å². The Hall–Kier alpha value is -0.280. The SMILES string of the molecule is NCCO[C@@H]1OC(CO)[C@H](O)[C@H](O)C1N. The molecule has 1 rings (SSSR count). The first-order valence-electron chi connectivity index (χ1n) is 4.81. The monoisotopic (exact) mass is 222 g/mol. The molecule has 0 amide bonds. The molecule has 90 valence electrons. The quantitative estimate of drug-likeness (QED) is 0.337. The summed E-state index contributed by atoms with van der Waals surface area (Å²) in [6.07, 6.45) is -4.13. The smallest absolute Gasteiger partial charge is 0.175 e. The van der Waals surface area contributed by atoms with Crippen molar-refractivity contribution in [1.82, 2.24) is 0 Å². The van der Waals surface area contributed by atoms with Gasteiger partial charge in [-0.2, -0.15) is 0 Å². The van der Waals surface area contributed by atoms with Crippen molar-refractivity contribution >= 4 is 0 Å². The van der Waals surface area contributed by atoms with Crippen LogP contribution in [0.25, 0.3) is 0 Å². The van der Waals surface area contributed by atoms with Crippen LogP contribution in [0, 0.1) is 0 Å². The van der Waals surface area contributed by atoms with Crippen LogP contribution in [0.5, 0.6) is 0 Å². The standard InChI is InChI=1S/C8H18N2O5/c9-1-2-14-8-5(10)7(13)6(12)4(3-11)15-8/h4-8,11-13H,1-3,9-10H2/t4?,5?,6-,7+,8+/m0/s1. The zero-order valence-corrected chi connectivity index (χ0v) is 8.32. The van der Waals surface area contributed by atoms with Gasteiger partial charge in [0.05, 0.1) is 19.3 Å². The first kappa shape index (κ1) is 12.8. The van der Waals surface area contributed by atoms with Gasteiger partial charge >= 0.3 is 0 Å². The summed E-state index contributed by atoms with van der Waals surface area (Å²) in [5.74, 6) is 0. The van der Waals surface area contributed by atoms with Gasteiger partial charge in [0, 0.05) is 6.54 Å².